The van der Waals surface area contributed by atoms with E-state index in [4.69, 9.17) is 0 Å². The summed E-state index contributed by atoms with van der Waals surface area (Å²) in [6, 6.07) is 7.93. The average molecular weight is 315 g/mol. The first-order valence-electron chi connectivity index (χ1n) is 8.24. The van der Waals surface area contributed by atoms with E-state index >= 15 is 0 Å². The SMILES string of the molecule is C/C(=N\NC(=O)CNC(=O)C1CCCCC1)c1ccc(C)cc1. The van der Waals surface area contributed by atoms with Crippen LogP contribution in [0.4, 0.5) is 0 Å². The van der Waals surface area contributed by atoms with Crippen molar-refractivity contribution in [1.29, 1.82) is 0 Å². The predicted octanol–water partition coefficient (Wildman–Crippen LogP) is 2.53. The van der Waals surface area contributed by atoms with Gasteiger partial charge in [-0.1, -0.05) is 49.1 Å². The molecule has 0 atom stereocenters. The molecule has 1 aromatic rings. The van der Waals surface area contributed by atoms with E-state index in [9.17, 15) is 9.59 Å². The van der Waals surface area contributed by atoms with Crippen LogP contribution in [0.3, 0.4) is 0 Å². The molecule has 1 saturated carbocycles. The third-order valence-electron chi connectivity index (χ3n) is 4.22. The summed E-state index contributed by atoms with van der Waals surface area (Å²) in [7, 11) is 0. The lowest BCUT2D eigenvalue weighted by Crippen LogP contribution is -2.39. The number of carbonyl (C=O) groups excluding carboxylic acids is 2. The van der Waals surface area contributed by atoms with E-state index in [-0.39, 0.29) is 24.3 Å². The number of carbonyl (C=O) groups is 2. The highest BCUT2D eigenvalue weighted by Gasteiger charge is 2.21. The van der Waals surface area contributed by atoms with E-state index in [1.807, 2.05) is 38.1 Å². The number of rotatable bonds is 5. The number of nitrogens with zero attached hydrogens (tertiary/aromatic N) is 1. The van der Waals surface area contributed by atoms with Crippen molar-refractivity contribution in [2.24, 2.45) is 11.0 Å². The van der Waals surface area contributed by atoms with Gasteiger partial charge in [-0.15, -0.1) is 0 Å². The molecule has 0 radical (unpaired) electrons. The van der Waals surface area contributed by atoms with Crippen LogP contribution in [0.1, 0.15) is 50.2 Å². The van der Waals surface area contributed by atoms with Crippen molar-refractivity contribution in [3.63, 3.8) is 0 Å². The molecule has 1 aliphatic rings. The van der Waals surface area contributed by atoms with Gasteiger partial charge in [0.25, 0.3) is 5.91 Å². The van der Waals surface area contributed by atoms with Crippen molar-refractivity contribution in [3.05, 3.63) is 35.4 Å². The monoisotopic (exact) mass is 315 g/mol. The second kappa shape index (κ2) is 8.46. The molecule has 124 valence electrons. The normalized spacial score (nSPS) is 16.0. The molecule has 5 heteroatoms. The molecule has 0 heterocycles. The average Bonchev–Trinajstić information content (AvgIpc) is 2.59. The molecule has 5 nitrogen and oxygen atoms in total. The summed E-state index contributed by atoms with van der Waals surface area (Å²) in [5.74, 6) is -0.256. The maximum Gasteiger partial charge on any atom is 0.259 e. The second-order valence-corrected chi connectivity index (χ2v) is 6.15. The molecule has 2 amide bonds. The topological polar surface area (TPSA) is 70.6 Å². The van der Waals surface area contributed by atoms with E-state index < -0.39 is 0 Å². The van der Waals surface area contributed by atoms with Gasteiger partial charge in [-0.3, -0.25) is 9.59 Å². The van der Waals surface area contributed by atoms with Gasteiger partial charge in [0, 0.05) is 5.92 Å². The first-order valence-corrected chi connectivity index (χ1v) is 8.24. The molecule has 0 aromatic heterocycles. The highest BCUT2D eigenvalue weighted by atomic mass is 16.2. The van der Waals surface area contributed by atoms with Gasteiger partial charge in [0.1, 0.15) is 0 Å². The molecular formula is C18H25N3O2. The number of nitrogens with one attached hydrogen (secondary N) is 2. The Morgan fingerprint density at radius 1 is 1.13 bits per heavy atom. The Kier molecular flexibility index (Phi) is 6.32. The quantitative estimate of drug-likeness (QED) is 0.647. The first-order chi connectivity index (χ1) is 11.1. The molecule has 23 heavy (non-hydrogen) atoms. The van der Waals surface area contributed by atoms with Gasteiger partial charge >= 0.3 is 0 Å². The summed E-state index contributed by atoms with van der Waals surface area (Å²) in [5, 5.41) is 6.78. The lowest BCUT2D eigenvalue weighted by Gasteiger charge is -2.20. The third-order valence-corrected chi connectivity index (χ3v) is 4.22. The van der Waals surface area contributed by atoms with Gasteiger partial charge < -0.3 is 5.32 Å². The largest absolute Gasteiger partial charge is 0.347 e. The number of hydrazone groups is 1. The zero-order chi connectivity index (χ0) is 16.7. The van der Waals surface area contributed by atoms with Gasteiger partial charge in [-0.2, -0.15) is 5.10 Å². The fourth-order valence-electron chi connectivity index (χ4n) is 2.72. The van der Waals surface area contributed by atoms with Crippen molar-refractivity contribution in [2.75, 3.05) is 6.54 Å². The van der Waals surface area contributed by atoms with Gasteiger partial charge in [-0.25, -0.2) is 5.43 Å². The Labute approximate surface area is 137 Å². The zero-order valence-corrected chi connectivity index (χ0v) is 13.9. The van der Waals surface area contributed by atoms with Crippen LogP contribution in [0.15, 0.2) is 29.4 Å². The molecule has 0 saturated heterocycles. The summed E-state index contributed by atoms with van der Waals surface area (Å²) >= 11 is 0. The van der Waals surface area contributed by atoms with Crippen LogP contribution in [0.25, 0.3) is 0 Å². The van der Waals surface area contributed by atoms with Gasteiger partial charge in [0.2, 0.25) is 5.91 Å². The highest BCUT2D eigenvalue weighted by Crippen LogP contribution is 2.23. The minimum absolute atomic E-state index is 0.0147. The molecule has 0 unspecified atom stereocenters. The van der Waals surface area contributed by atoms with Crippen LogP contribution in [0.5, 0.6) is 0 Å². The summed E-state index contributed by atoms with van der Waals surface area (Å²) in [5.41, 5.74) is 5.36. The molecule has 1 aromatic carbocycles. The van der Waals surface area contributed by atoms with Gasteiger partial charge in [-0.05, 0) is 32.3 Å². The van der Waals surface area contributed by atoms with Crippen molar-refractivity contribution in [3.8, 4) is 0 Å². The maximum atomic E-state index is 12.0. The summed E-state index contributed by atoms with van der Waals surface area (Å²) in [6.45, 7) is 3.83. The summed E-state index contributed by atoms with van der Waals surface area (Å²) in [4.78, 5) is 23.8. The highest BCUT2D eigenvalue weighted by molar-refractivity contribution is 5.99. The van der Waals surface area contributed by atoms with Crippen LogP contribution < -0.4 is 10.7 Å². The molecule has 0 spiro atoms. The van der Waals surface area contributed by atoms with Crippen LogP contribution >= 0.6 is 0 Å². The Bertz CT molecular complexity index is 572. The number of aryl methyl sites for hydroxylation is 1. The molecular weight excluding hydrogens is 290 g/mol. The zero-order valence-electron chi connectivity index (χ0n) is 13.9. The van der Waals surface area contributed by atoms with Crippen LogP contribution in [0.2, 0.25) is 0 Å². The third kappa shape index (κ3) is 5.51. The van der Waals surface area contributed by atoms with Crippen molar-refractivity contribution in [1.82, 2.24) is 10.7 Å². The molecule has 1 fully saturated rings. The number of hydrogen-bond donors (Lipinski definition) is 2. The lowest BCUT2D eigenvalue weighted by atomic mass is 9.89. The Morgan fingerprint density at radius 3 is 2.43 bits per heavy atom. The Balaban J connectivity index is 1.76. The molecule has 2 N–H and O–H groups in total. The summed E-state index contributed by atoms with van der Waals surface area (Å²) < 4.78 is 0. The van der Waals surface area contributed by atoms with Crippen molar-refractivity contribution >= 4 is 17.5 Å². The van der Waals surface area contributed by atoms with E-state index in [0.717, 1.165) is 37.0 Å². The van der Waals surface area contributed by atoms with E-state index in [1.165, 1.54) is 12.0 Å². The lowest BCUT2D eigenvalue weighted by molar-refractivity contribution is -0.129. The van der Waals surface area contributed by atoms with E-state index in [0.29, 0.717) is 0 Å². The minimum atomic E-state index is -0.305. The fraction of sp³-hybridized carbons (Fsp3) is 0.500. The van der Waals surface area contributed by atoms with E-state index in [2.05, 4.69) is 15.8 Å². The van der Waals surface area contributed by atoms with Crippen LogP contribution in [-0.2, 0) is 9.59 Å². The molecule has 1 aliphatic carbocycles. The number of hydrogen-bond acceptors (Lipinski definition) is 3. The smallest absolute Gasteiger partial charge is 0.259 e. The Morgan fingerprint density at radius 2 is 1.78 bits per heavy atom. The van der Waals surface area contributed by atoms with E-state index in [1.54, 1.807) is 0 Å². The predicted molar refractivity (Wildman–Crippen MR) is 91.1 cm³/mol. The van der Waals surface area contributed by atoms with Crippen LogP contribution in [-0.4, -0.2) is 24.1 Å². The second-order valence-electron chi connectivity index (χ2n) is 6.15. The van der Waals surface area contributed by atoms with Crippen LogP contribution in [0, 0.1) is 12.8 Å². The van der Waals surface area contributed by atoms with Gasteiger partial charge in [0.05, 0.1) is 12.3 Å². The first kappa shape index (κ1) is 17.2. The standard InChI is InChI=1S/C18H25N3O2/c1-13-8-10-15(11-9-13)14(2)20-21-17(22)12-19-18(23)16-6-4-3-5-7-16/h8-11,16H,3-7,12H2,1-2H3,(H,19,23)(H,21,22)/b20-14+. The van der Waals surface area contributed by atoms with Crippen molar-refractivity contribution in [2.45, 2.75) is 46.0 Å². The number of amides is 2. The molecule has 2 rings (SSSR count). The maximum absolute atomic E-state index is 12.0. The molecule has 0 aliphatic heterocycles. The van der Waals surface area contributed by atoms with Gasteiger partial charge in [0.15, 0.2) is 0 Å². The minimum Gasteiger partial charge on any atom is -0.347 e. The fourth-order valence-corrected chi connectivity index (χ4v) is 2.72. The summed E-state index contributed by atoms with van der Waals surface area (Å²) in [6.07, 6.45) is 5.27. The molecule has 0 bridgehead atoms. The van der Waals surface area contributed by atoms with Crippen molar-refractivity contribution < 1.29 is 9.59 Å². The Hall–Kier alpha value is -2.17. The number of benzene rings is 1.